The minimum absolute atomic E-state index is 0.115. The van der Waals surface area contributed by atoms with Gasteiger partial charge in [0.25, 0.3) is 0 Å². The average molecular weight is 300 g/mol. The molecule has 1 amide bonds. The van der Waals surface area contributed by atoms with Crippen LogP contribution in [0.1, 0.15) is 37.7 Å². The molecule has 5 nitrogen and oxygen atoms in total. The molecule has 118 valence electrons. The highest BCUT2D eigenvalue weighted by Crippen LogP contribution is 2.08. The molecular formula is C17H24N4O. The number of carbonyl (C=O) groups excluding carboxylic acids is 1. The van der Waals surface area contributed by atoms with Crippen LogP contribution in [0.25, 0.3) is 5.69 Å². The molecule has 2 rings (SSSR count). The van der Waals surface area contributed by atoms with Crippen LogP contribution in [0.5, 0.6) is 0 Å². The Morgan fingerprint density at radius 2 is 1.91 bits per heavy atom. The minimum Gasteiger partial charge on any atom is -0.352 e. The minimum atomic E-state index is 0.115. The lowest BCUT2D eigenvalue weighted by atomic mass is 10.1. The highest BCUT2D eigenvalue weighted by atomic mass is 16.1. The van der Waals surface area contributed by atoms with Gasteiger partial charge in [0.1, 0.15) is 0 Å². The number of hydrogen-bond acceptors (Lipinski definition) is 3. The predicted octanol–water partition coefficient (Wildman–Crippen LogP) is 2.40. The van der Waals surface area contributed by atoms with Crippen LogP contribution in [0.3, 0.4) is 0 Å². The number of nitrogens with zero attached hydrogens (tertiary/aromatic N) is 2. The standard InChI is InChI=1S/C17H24N4O/c18-11-4-2-1-3-6-17(22)19-14-15-7-9-16(10-8-15)21-13-5-12-20-21/h5,7-10,12-13H,1-4,6,11,14,18H2,(H,19,22). The molecule has 0 aliphatic rings. The summed E-state index contributed by atoms with van der Waals surface area (Å²) in [6.07, 6.45) is 8.41. The molecule has 3 N–H and O–H groups in total. The Kier molecular flexibility index (Phi) is 6.64. The lowest BCUT2D eigenvalue weighted by molar-refractivity contribution is -0.121. The lowest BCUT2D eigenvalue weighted by Gasteiger charge is -2.07. The van der Waals surface area contributed by atoms with Crippen LogP contribution >= 0.6 is 0 Å². The molecule has 0 saturated carbocycles. The fraction of sp³-hybridized carbons (Fsp3) is 0.412. The van der Waals surface area contributed by atoms with E-state index in [1.165, 1.54) is 0 Å². The van der Waals surface area contributed by atoms with Gasteiger partial charge in [-0.3, -0.25) is 4.79 Å². The fourth-order valence-corrected chi connectivity index (χ4v) is 2.26. The molecule has 0 spiro atoms. The number of nitrogens with one attached hydrogen (secondary N) is 1. The second-order valence-corrected chi connectivity index (χ2v) is 5.35. The predicted molar refractivity (Wildman–Crippen MR) is 87.6 cm³/mol. The zero-order chi connectivity index (χ0) is 15.6. The smallest absolute Gasteiger partial charge is 0.220 e. The van der Waals surface area contributed by atoms with E-state index in [9.17, 15) is 4.79 Å². The molecule has 0 aliphatic heterocycles. The molecule has 0 fully saturated rings. The largest absolute Gasteiger partial charge is 0.352 e. The molecule has 5 heteroatoms. The first-order valence-electron chi connectivity index (χ1n) is 7.85. The summed E-state index contributed by atoms with van der Waals surface area (Å²) in [7, 11) is 0. The average Bonchev–Trinajstić information content (AvgIpc) is 3.08. The van der Waals surface area contributed by atoms with Crippen molar-refractivity contribution in [2.24, 2.45) is 5.73 Å². The highest BCUT2D eigenvalue weighted by Gasteiger charge is 2.02. The van der Waals surface area contributed by atoms with E-state index in [1.54, 1.807) is 6.20 Å². The normalized spacial score (nSPS) is 10.6. The molecule has 2 aromatic rings. The zero-order valence-electron chi connectivity index (χ0n) is 12.9. The number of amides is 1. The highest BCUT2D eigenvalue weighted by molar-refractivity contribution is 5.75. The Labute approximate surface area is 131 Å². The first-order valence-corrected chi connectivity index (χ1v) is 7.85. The monoisotopic (exact) mass is 300 g/mol. The number of nitrogens with two attached hydrogens (primary N) is 1. The van der Waals surface area contributed by atoms with Crippen molar-refractivity contribution in [2.45, 2.75) is 38.6 Å². The van der Waals surface area contributed by atoms with Crippen LogP contribution in [0.2, 0.25) is 0 Å². The summed E-state index contributed by atoms with van der Waals surface area (Å²) in [6.45, 7) is 1.31. The third-order valence-electron chi connectivity index (χ3n) is 3.55. The van der Waals surface area contributed by atoms with E-state index in [0.29, 0.717) is 13.0 Å². The van der Waals surface area contributed by atoms with Gasteiger partial charge in [0.2, 0.25) is 5.91 Å². The van der Waals surface area contributed by atoms with E-state index in [0.717, 1.165) is 43.5 Å². The maximum atomic E-state index is 11.8. The first-order chi connectivity index (χ1) is 10.8. The maximum absolute atomic E-state index is 11.8. The molecule has 1 aromatic heterocycles. The van der Waals surface area contributed by atoms with Crippen molar-refractivity contribution in [1.29, 1.82) is 0 Å². The molecule has 0 bridgehead atoms. The van der Waals surface area contributed by atoms with E-state index in [2.05, 4.69) is 10.4 Å². The van der Waals surface area contributed by atoms with Crippen LogP contribution < -0.4 is 11.1 Å². The molecule has 0 unspecified atom stereocenters. The molecule has 0 aliphatic carbocycles. The molecule has 22 heavy (non-hydrogen) atoms. The van der Waals surface area contributed by atoms with Gasteiger partial charge in [0.15, 0.2) is 0 Å². The van der Waals surface area contributed by atoms with Gasteiger partial charge in [-0.15, -0.1) is 0 Å². The number of carbonyl (C=O) groups is 1. The van der Waals surface area contributed by atoms with E-state index in [1.807, 2.05) is 41.2 Å². The van der Waals surface area contributed by atoms with Gasteiger partial charge in [-0.2, -0.15) is 5.10 Å². The Bertz CT molecular complexity index is 549. The van der Waals surface area contributed by atoms with Crippen molar-refractivity contribution < 1.29 is 4.79 Å². The Morgan fingerprint density at radius 3 is 2.59 bits per heavy atom. The number of unbranched alkanes of at least 4 members (excludes halogenated alkanes) is 3. The summed E-state index contributed by atoms with van der Waals surface area (Å²) in [6, 6.07) is 9.92. The van der Waals surface area contributed by atoms with E-state index in [-0.39, 0.29) is 5.91 Å². The van der Waals surface area contributed by atoms with E-state index < -0.39 is 0 Å². The SMILES string of the molecule is NCCCCCCC(=O)NCc1ccc(-n2cccn2)cc1. The Balaban J connectivity index is 1.69. The maximum Gasteiger partial charge on any atom is 0.220 e. The van der Waals surface area contributed by atoms with Gasteiger partial charge in [-0.1, -0.05) is 25.0 Å². The van der Waals surface area contributed by atoms with Gasteiger partial charge >= 0.3 is 0 Å². The second-order valence-electron chi connectivity index (χ2n) is 5.35. The molecule has 1 aromatic carbocycles. The van der Waals surface area contributed by atoms with Gasteiger partial charge in [0, 0.05) is 25.4 Å². The van der Waals surface area contributed by atoms with Crippen molar-refractivity contribution in [1.82, 2.24) is 15.1 Å². The summed E-state index contributed by atoms with van der Waals surface area (Å²) in [5.41, 5.74) is 7.54. The van der Waals surface area contributed by atoms with Crippen molar-refractivity contribution in [3.63, 3.8) is 0 Å². The van der Waals surface area contributed by atoms with Gasteiger partial charge in [0.05, 0.1) is 5.69 Å². The van der Waals surface area contributed by atoms with Crippen molar-refractivity contribution >= 4 is 5.91 Å². The van der Waals surface area contributed by atoms with Crippen LogP contribution in [0.4, 0.5) is 0 Å². The number of hydrogen-bond donors (Lipinski definition) is 2. The summed E-state index contributed by atoms with van der Waals surface area (Å²) < 4.78 is 1.81. The summed E-state index contributed by atoms with van der Waals surface area (Å²) >= 11 is 0. The second kappa shape index (κ2) is 9.00. The fourth-order valence-electron chi connectivity index (χ4n) is 2.26. The van der Waals surface area contributed by atoms with Crippen LogP contribution in [0.15, 0.2) is 42.7 Å². The number of benzene rings is 1. The van der Waals surface area contributed by atoms with Gasteiger partial charge < -0.3 is 11.1 Å². The zero-order valence-corrected chi connectivity index (χ0v) is 12.9. The Morgan fingerprint density at radius 1 is 1.14 bits per heavy atom. The van der Waals surface area contributed by atoms with E-state index in [4.69, 9.17) is 5.73 Å². The van der Waals surface area contributed by atoms with E-state index >= 15 is 0 Å². The van der Waals surface area contributed by atoms with Crippen LogP contribution in [-0.4, -0.2) is 22.2 Å². The summed E-state index contributed by atoms with van der Waals surface area (Å²) in [5.74, 6) is 0.115. The topological polar surface area (TPSA) is 72.9 Å². The number of rotatable bonds is 9. The molecule has 1 heterocycles. The summed E-state index contributed by atoms with van der Waals surface area (Å²) in [4.78, 5) is 11.8. The molecule has 0 atom stereocenters. The van der Waals surface area contributed by atoms with Crippen molar-refractivity contribution in [3.05, 3.63) is 48.3 Å². The number of aromatic nitrogens is 2. The quantitative estimate of drug-likeness (QED) is 0.698. The van der Waals surface area contributed by atoms with Gasteiger partial charge in [-0.05, 0) is 43.1 Å². The first kappa shape index (κ1) is 16.2. The third-order valence-corrected chi connectivity index (χ3v) is 3.55. The third kappa shape index (κ3) is 5.33. The summed E-state index contributed by atoms with van der Waals surface area (Å²) in [5, 5.41) is 7.14. The van der Waals surface area contributed by atoms with Crippen LogP contribution in [0, 0.1) is 0 Å². The molecule has 0 radical (unpaired) electrons. The Hall–Kier alpha value is -2.14. The molecular weight excluding hydrogens is 276 g/mol. The molecule has 0 saturated heterocycles. The van der Waals surface area contributed by atoms with Gasteiger partial charge in [-0.25, -0.2) is 4.68 Å². The van der Waals surface area contributed by atoms with Crippen molar-refractivity contribution in [3.8, 4) is 5.69 Å². The van der Waals surface area contributed by atoms with Crippen molar-refractivity contribution in [2.75, 3.05) is 6.54 Å². The lowest BCUT2D eigenvalue weighted by Crippen LogP contribution is -2.22. The van der Waals surface area contributed by atoms with Crippen LogP contribution in [-0.2, 0) is 11.3 Å².